The standard InChI is InChI=1S/C15H21Br2NO2S/c1-10-4-6-12(7-5-10)18(3)21(19,20)15-9-13(16)11(2)8-14(15)17/h8-10,12H,4-7H2,1-3H3. The monoisotopic (exact) mass is 437 g/mol. The van der Waals surface area contributed by atoms with Crippen molar-refractivity contribution in [2.45, 2.75) is 50.5 Å². The van der Waals surface area contributed by atoms with Crippen LogP contribution < -0.4 is 0 Å². The van der Waals surface area contributed by atoms with Crippen LogP contribution in [0, 0.1) is 12.8 Å². The summed E-state index contributed by atoms with van der Waals surface area (Å²) in [5, 5.41) is 0. The Morgan fingerprint density at radius 2 is 1.67 bits per heavy atom. The number of benzene rings is 1. The Morgan fingerprint density at radius 3 is 2.24 bits per heavy atom. The van der Waals surface area contributed by atoms with E-state index >= 15 is 0 Å². The molecule has 1 aliphatic carbocycles. The highest BCUT2D eigenvalue weighted by atomic mass is 79.9. The maximum atomic E-state index is 12.9. The minimum atomic E-state index is -3.47. The molecule has 0 bridgehead atoms. The number of halogens is 2. The van der Waals surface area contributed by atoms with E-state index in [2.05, 4.69) is 38.8 Å². The molecule has 1 aromatic carbocycles. The van der Waals surface area contributed by atoms with E-state index < -0.39 is 10.0 Å². The predicted molar refractivity (Wildman–Crippen MR) is 92.9 cm³/mol. The molecule has 6 heteroatoms. The third-order valence-electron chi connectivity index (χ3n) is 4.37. The SMILES string of the molecule is Cc1cc(Br)c(S(=O)(=O)N(C)C2CCC(C)CC2)cc1Br. The number of nitrogens with zero attached hydrogens (tertiary/aromatic N) is 1. The van der Waals surface area contributed by atoms with Gasteiger partial charge in [-0.2, -0.15) is 4.31 Å². The third-order valence-corrected chi connectivity index (χ3v) is 8.09. The summed E-state index contributed by atoms with van der Waals surface area (Å²) < 4.78 is 28.7. The Hall–Kier alpha value is 0.0900. The molecule has 118 valence electrons. The zero-order valence-corrected chi connectivity index (χ0v) is 16.6. The van der Waals surface area contributed by atoms with E-state index in [1.165, 1.54) is 0 Å². The minimum absolute atomic E-state index is 0.109. The lowest BCUT2D eigenvalue weighted by Gasteiger charge is -2.33. The molecule has 1 aliphatic rings. The van der Waals surface area contributed by atoms with E-state index in [0.717, 1.165) is 35.7 Å². The van der Waals surface area contributed by atoms with Crippen molar-refractivity contribution < 1.29 is 8.42 Å². The summed E-state index contributed by atoms with van der Waals surface area (Å²) in [7, 11) is -1.77. The lowest BCUT2D eigenvalue weighted by molar-refractivity contribution is 0.246. The Bertz CT molecular complexity index is 623. The third kappa shape index (κ3) is 3.71. The van der Waals surface area contributed by atoms with Crippen LogP contribution >= 0.6 is 31.9 Å². The van der Waals surface area contributed by atoms with Gasteiger partial charge in [0, 0.05) is 22.0 Å². The molecular weight excluding hydrogens is 418 g/mol. The maximum Gasteiger partial charge on any atom is 0.244 e. The Morgan fingerprint density at radius 1 is 1.10 bits per heavy atom. The average molecular weight is 439 g/mol. The molecule has 1 saturated carbocycles. The highest BCUT2D eigenvalue weighted by Gasteiger charge is 2.32. The van der Waals surface area contributed by atoms with Crippen molar-refractivity contribution in [3.8, 4) is 0 Å². The van der Waals surface area contributed by atoms with Crippen molar-refractivity contribution in [2.24, 2.45) is 5.92 Å². The molecule has 0 atom stereocenters. The van der Waals surface area contributed by atoms with E-state index in [0.29, 0.717) is 15.3 Å². The van der Waals surface area contributed by atoms with Crippen LogP contribution in [0.4, 0.5) is 0 Å². The van der Waals surface area contributed by atoms with Crippen LogP contribution in [-0.2, 0) is 10.0 Å². The second-order valence-corrected chi connectivity index (χ2v) is 9.64. The Labute approximate surface area is 144 Å². The van der Waals surface area contributed by atoms with Gasteiger partial charge in [0.25, 0.3) is 0 Å². The molecular formula is C15H21Br2NO2S. The summed E-state index contributed by atoms with van der Waals surface area (Å²) in [6.07, 6.45) is 4.09. The highest BCUT2D eigenvalue weighted by Crippen LogP contribution is 2.34. The van der Waals surface area contributed by atoms with Gasteiger partial charge in [0.2, 0.25) is 10.0 Å². The number of rotatable bonds is 3. The molecule has 3 nitrogen and oxygen atoms in total. The fraction of sp³-hybridized carbons (Fsp3) is 0.600. The predicted octanol–water partition coefficient (Wildman–Crippen LogP) is 4.72. The number of hydrogen-bond donors (Lipinski definition) is 0. The minimum Gasteiger partial charge on any atom is -0.207 e. The fourth-order valence-electron chi connectivity index (χ4n) is 2.78. The van der Waals surface area contributed by atoms with Crippen LogP contribution in [0.25, 0.3) is 0 Å². The zero-order chi connectivity index (χ0) is 15.8. The number of sulfonamides is 1. The first-order valence-corrected chi connectivity index (χ1v) is 10.2. The van der Waals surface area contributed by atoms with E-state index in [1.54, 1.807) is 17.4 Å². The molecule has 0 unspecified atom stereocenters. The molecule has 0 heterocycles. The maximum absolute atomic E-state index is 12.9. The van der Waals surface area contributed by atoms with Crippen LogP contribution in [0.5, 0.6) is 0 Å². The Kier molecular flexibility index (Phi) is 5.55. The Balaban J connectivity index is 2.31. The van der Waals surface area contributed by atoms with Crippen molar-refractivity contribution in [1.82, 2.24) is 4.31 Å². The van der Waals surface area contributed by atoms with Gasteiger partial charge in [-0.05, 0) is 72.2 Å². The first-order valence-electron chi connectivity index (χ1n) is 7.17. The summed E-state index contributed by atoms with van der Waals surface area (Å²) in [4.78, 5) is 0.334. The molecule has 1 aromatic rings. The molecule has 0 radical (unpaired) electrons. The van der Waals surface area contributed by atoms with Crippen LogP contribution in [0.15, 0.2) is 26.0 Å². The van der Waals surface area contributed by atoms with Gasteiger partial charge in [0.05, 0.1) is 4.90 Å². The molecule has 0 aliphatic heterocycles. The molecule has 0 aromatic heterocycles. The van der Waals surface area contributed by atoms with Crippen molar-refractivity contribution in [1.29, 1.82) is 0 Å². The van der Waals surface area contributed by atoms with Crippen LogP contribution in [0.3, 0.4) is 0 Å². The molecule has 0 saturated heterocycles. The van der Waals surface area contributed by atoms with Gasteiger partial charge in [0.1, 0.15) is 0 Å². The second-order valence-electron chi connectivity index (χ2n) is 5.97. The second kappa shape index (κ2) is 6.69. The lowest BCUT2D eigenvalue weighted by Crippen LogP contribution is -2.39. The lowest BCUT2D eigenvalue weighted by atomic mass is 9.87. The average Bonchev–Trinajstić information content (AvgIpc) is 2.42. The molecule has 1 fully saturated rings. The summed E-state index contributed by atoms with van der Waals surface area (Å²) in [5.74, 6) is 0.706. The van der Waals surface area contributed by atoms with E-state index in [9.17, 15) is 8.42 Å². The molecule has 0 amide bonds. The van der Waals surface area contributed by atoms with Crippen LogP contribution in [0.2, 0.25) is 0 Å². The van der Waals surface area contributed by atoms with Gasteiger partial charge in [0.15, 0.2) is 0 Å². The number of hydrogen-bond acceptors (Lipinski definition) is 2. The zero-order valence-electron chi connectivity index (χ0n) is 12.6. The van der Waals surface area contributed by atoms with Gasteiger partial charge in [-0.15, -0.1) is 0 Å². The van der Waals surface area contributed by atoms with Gasteiger partial charge in [-0.25, -0.2) is 8.42 Å². The first-order chi connectivity index (χ1) is 9.73. The molecule has 0 spiro atoms. The topological polar surface area (TPSA) is 37.4 Å². The molecule has 0 N–H and O–H groups in total. The fourth-order valence-corrected chi connectivity index (χ4v) is 5.84. The summed E-state index contributed by atoms with van der Waals surface area (Å²) in [6, 6.07) is 3.64. The van der Waals surface area contributed by atoms with Gasteiger partial charge in [-0.1, -0.05) is 22.9 Å². The van der Waals surface area contributed by atoms with E-state index in [4.69, 9.17) is 0 Å². The van der Waals surface area contributed by atoms with E-state index in [1.807, 2.05) is 13.0 Å². The van der Waals surface area contributed by atoms with Gasteiger partial charge >= 0.3 is 0 Å². The molecule has 21 heavy (non-hydrogen) atoms. The van der Waals surface area contributed by atoms with Crippen molar-refractivity contribution in [3.63, 3.8) is 0 Å². The first kappa shape index (κ1) is 17.4. The number of aryl methyl sites for hydroxylation is 1. The van der Waals surface area contributed by atoms with Crippen molar-refractivity contribution in [2.75, 3.05) is 7.05 Å². The van der Waals surface area contributed by atoms with Crippen molar-refractivity contribution >= 4 is 41.9 Å². The normalized spacial score (nSPS) is 23.5. The van der Waals surface area contributed by atoms with Gasteiger partial charge < -0.3 is 0 Å². The van der Waals surface area contributed by atoms with Crippen molar-refractivity contribution in [3.05, 3.63) is 26.6 Å². The van der Waals surface area contributed by atoms with Crippen LogP contribution in [-0.4, -0.2) is 25.8 Å². The quantitative estimate of drug-likeness (QED) is 0.684. The molecule has 2 rings (SSSR count). The smallest absolute Gasteiger partial charge is 0.207 e. The summed E-state index contributed by atoms with van der Waals surface area (Å²) >= 11 is 6.81. The summed E-state index contributed by atoms with van der Waals surface area (Å²) in [6.45, 7) is 4.18. The summed E-state index contributed by atoms with van der Waals surface area (Å²) in [5.41, 5.74) is 1.01. The largest absolute Gasteiger partial charge is 0.244 e. The van der Waals surface area contributed by atoms with Crippen LogP contribution in [0.1, 0.15) is 38.2 Å². The van der Waals surface area contributed by atoms with E-state index in [-0.39, 0.29) is 6.04 Å². The van der Waals surface area contributed by atoms with Gasteiger partial charge in [-0.3, -0.25) is 0 Å². The highest BCUT2D eigenvalue weighted by molar-refractivity contribution is 9.11.